The number of fused-ring (bicyclic) bond motifs is 1. The van der Waals surface area contributed by atoms with Gasteiger partial charge in [0.1, 0.15) is 34.3 Å². The number of alkyl carbamates (subject to hydrolysis) is 1. The van der Waals surface area contributed by atoms with Crippen LogP contribution in [0.3, 0.4) is 0 Å². The van der Waals surface area contributed by atoms with Crippen molar-refractivity contribution in [3.05, 3.63) is 89.1 Å². The average molecular weight is 635 g/mol. The highest BCUT2D eigenvalue weighted by Crippen LogP contribution is 2.43. The molecule has 1 aromatic heterocycles. The summed E-state index contributed by atoms with van der Waals surface area (Å²) < 4.78 is 11.6. The van der Waals surface area contributed by atoms with Gasteiger partial charge < -0.3 is 26.3 Å². The second kappa shape index (κ2) is 13.2. The molecule has 2 aliphatic heterocycles. The fraction of sp³-hybridized carbons (Fsp3) is 0.323. The Balaban J connectivity index is 1.42. The first-order valence-corrected chi connectivity index (χ1v) is 16.0. The van der Waals surface area contributed by atoms with Crippen molar-refractivity contribution in [1.29, 1.82) is 0 Å². The number of hydrogen-bond acceptors (Lipinski definition) is 11. The van der Waals surface area contributed by atoms with E-state index in [9.17, 15) is 14.4 Å². The number of carbonyl (C=O) groups excluding carboxylic acids is 3. The third-order valence-corrected chi connectivity index (χ3v) is 8.91. The number of esters is 1. The summed E-state index contributed by atoms with van der Waals surface area (Å²) in [6.45, 7) is 5.24. The summed E-state index contributed by atoms with van der Waals surface area (Å²) in [5.41, 5.74) is 13.4. The smallest absolute Gasteiger partial charge is 0.408 e. The number of hydrogen-bond donors (Lipinski definition) is 3. The Bertz CT molecular complexity index is 1500. The van der Waals surface area contributed by atoms with E-state index in [-0.39, 0.29) is 17.3 Å². The van der Waals surface area contributed by atoms with Crippen molar-refractivity contribution in [2.24, 2.45) is 0 Å². The lowest BCUT2D eigenvalue weighted by Gasteiger charge is -2.49. The van der Waals surface area contributed by atoms with Gasteiger partial charge in [0.25, 0.3) is 5.91 Å². The SMILES string of the molecule is CC(C)(C)OC(=O)N[C@@H]1C(=O)N2C(C(=O)OC(c3ccccc3)c3ccccc3)=C(CCSc3nc(N)cc(N)n3)CS[C@H]12. The predicted octanol–water partition coefficient (Wildman–Crippen LogP) is 4.52. The van der Waals surface area contributed by atoms with E-state index in [1.807, 2.05) is 60.7 Å². The number of anilines is 2. The molecule has 2 aliphatic rings. The molecule has 2 aromatic carbocycles. The third-order valence-electron chi connectivity index (χ3n) is 6.72. The van der Waals surface area contributed by atoms with E-state index in [1.54, 1.807) is 20.8 Å². The normalized spacial score (nSPS) is 18.0. The Labute approximate surface area is 264 Å². The van der Waals surface area contributed by atoms with Crippen LogP contribution in [-0.2, 0) is 19.1 Å². The maximum absolute atomic E-state index is 14.1. The number of amides is 2. The molecule has 3 aromatic rings. The summed E-state index contributed by atoms with van der Waals surface area (Å²) in [7, 11) is 0. The van der Waals surface area contributed by atoms with Gasteiger partial charge in [0.05, 0.1) is 0 Å². The quantitative estimate of drug-likeness (QED) is 0.131. The lowest BCUT2D eigenvalue weighted by atomic mass is 10.00. The van der Waals surface area contributed by atoms with Crippen LogP contribution in [0.5, 0.6) is 0 Å². The summed E-state index contributed by atoms with van der Waals surface area (Å²) in [5.74, 6) is 0.453. The lowest BCUT2D eigenvalue weighted by molar-refractivity contribution is -0.153. The fourth-order valence-electron chi connectivity index (χ4n) is 4.84. The fourth-order valence-corrected chi connectivity index (χ4v) is 7.10. The molecule has 3 heterocycles. The van der Waals surface area contributed by atoms with Gasteiger partial charge in [0.2, 0.25) is 0 Å². The standard InChI is InChI=1S/C31H34N6O5S2/c1-31(2,3)42-30(40)36-23-26(38)37-24(20(17-44-27(23)37)14-15-43-29-34-21(32)16-22(33)35-29)28(39)41-25(18-10-6-4-7-11-18)19-12-8-5-9-13-19/h4-13,16,23,25,27H,14-15,17H2,1-3H3,(H,36,40)(H4,32,33,34,35)/t23-,27-/m1/s1. The molecule has 0 bridgehead atoms. The van der Waals surface area contributed by atoms with Crippen LogP contribution in [0, 0.1) is 0 Å². The van der Waals surface area contributed by atoms with Crippen molar-refractivity contribution >= 4 is 53.1 Å². The zero-order valence-corrected chi connectivity index (χ0v) is 26.2. The maximum atomic E-state index is 14.1. The van der Waals surface area contributed by atoms with Gasteiger partial charge in [0, 0.05) is 17.6 Å². The number of benzene rings is 2. The van der Waals surface area contributed by atoms with Crippen molar-refractivity contribution in [3.8, 4) is 0 Å². The molecule has 0 saturated carbocycles. The molecule has 0 spiro atoms. The number of nitrogens with zero attached hydrogens (tertiary/aromatic N) is 3. The van der Waals surface area contributed by atoms with Crippen molar-refractivity contribution in [3.63, 3.8) is 0 Å². The molecule has 2 atom stereocenters. The molecular weight excluding hydrogens is 601 g/mol. The van der Waals surface area contributed by atoms with Gasteiger partial charge in [-0.2, -0.15) is 0 Å². The van der Waals surface area contributed by atoms with Gasteiger partial charge in [-0.15, -0.1) is 11.8 Å². The zero-order chi connectivity index (χ0) is 31.4. The van der Waals surface area contributed by atoms with Crippen LogP contribution in [-0.4, -0.2) is 61.4 Å². The minimum atomic E-state index is -0.837. The Morgan fingerprint density at radius 2 is 1.64 bits per heavy atom. The van der Waals surface area contributed by atoms with E-state index < -0.39 is 41.1 Å². The van der Waals surface area contributed by atoms with Crippen molar-refractivity contribution < 1.29 is 23.9 Å². The van der Waals surface area contributed by atoms with Crippen LogP contribution >= 0.6 is 23.5 Å². The molecule has 0 unspecified atom stereocenters. The minimum Gasteiger partial charge on any atom is -0.448 e. The van der Waals surface area contributed by atoms with Crippen molar-refractivity contribution in [1.82, 2.24) is 20.2 Å². The summed E-state index contributed by atoms with van der Waals surface area (Å²) in [4.78, 5) is 49.9. The lowest BCUT2D eigenvalue weighted by Crippen LogP contribution is -2.70. The van der Waals surface area contributed by atoms with Gasteiger partial charge in [0.15, 0.2) is 11.3 Å². The molecule has 0 radical (unpaired) electrons. The van der Waals surface area contributed by atoms with E-state index >= 15 is 0 Å². The largest absolute Gasteiger partial charge is 0.448 e. The average Bonchev–Trinajstić information content (AvgIpc) is 2.97. The van der Waals surface area contributed by atoms with Crippen LogP contribution in [0.1, 0.15) is 44.4 Å². The monoisotopic (exact) mass is 634 g/mol. The first kappa shape index (κ1) is 31.2. The summed E-state index contributed by atoms with van der Waals surface area (Å²) in [5, 5.41) is 2.60. The number of β-lactam (4-membered cyclic amide) rings is 1. The van der Waals surface area contributed by atoms with E-state index in [1.165, 1.54) is 34.5 Å². The molecule has 13 heteroatoms. The number of nitrogens with two attached hydrogens (primary N) is 2. The summed E-state index contributed by atoms with van der Waals surface area (Å²) >= 11 is 2.81. The van der Waals surface area contributed by atoms with Gasteiger partial charge in [-0.05, 0) is 43.9 Å². The number of carbonyl (C=O) groups is 3. The van der Waals surface area contributed by atoms with Gasteiger partial charge >= 0.3 is 12.1 Å². The highest BCUT2D eigenvalue weighted by Gasteiger charge is 2.55. The molecule has 230 valence electrons. The molecule has 44 heavy (non-hydrogen) atoms. The molecule has 1 fully saturated rings. The molecule has 1 saturated heterocycles. The first-order chi connectivity index (χ1) is 21.0. The zero-order valence-electron chi connectivity index (χ0n) is 24.6. The Morgan fingerprint density at radius 3 is 2.20 bits per heavy atom. The number of rotatable bonds is 9. The number of nitrogen functional groups attached to an aromatic ring is 2. The van der Waals surface area contributed by atoms with Gasteiger partial charge in [-0.25, -0.2) is 19.6 Å². The number of aromatic nitrogens is 2. The van der Waals surface area contributed by atoms with Gasteiger partial charge in [-0.3, -0.25) is 9.69 Å². The summed E-state index contributed by atoms with van der Waals surface area (Å²) in [6, 6.07) is 19.5. The maximum Gasteiger partial charge on any atom is 0.408 e. The van der Waals surface area contributed by atoms with Crippen molar-refractivity contribution in [2.45, 2.75) is 55.5 Å². The van der Waals surface area contributed by atoms with Crippen LogP contribution in [0.4, 0.5) is 16.4 Å². The second-order valence-corrected chi connectivity index (χ2v) is 13.4. The number of thioether (sulfide) groups is 2. The van der Waals surface area contributed by atoms with E-state index in [0.717, 1.165) is 16.7 Å². The van der Waals surface area contributed by atoms with E-state index in [2.05, 4.69) is 15.3 Å². The van der Waals surface area contributed by atoms with Crippen LogP contribution in [0.15, 0.2) is 83.2 Å². The molecule has 0 aliphatic carbocycles. The van der Waals surface area contributed by atoms with Crippen LogP contribution < -0.4 is 16.8 Å². The molecule has 5 N–H and O–H groups in total. The molecule has 2 amide bonds. The Hall–Kier alpha value is -4.23. The molecule has 11 nitrogen and oxygen atoms in total. The molecular formula is C31H34N6O5S2. The molecule has 5 rings (SSSR count). The van der Waals surface area contributed by atoms with Crippen molar-refractivity contribution in [2.75, 3.05) is 23.0 Å². The van der Waals surface area contributed by atoms with Crippen LogP contribution in [0.25, 0.3) is 0 Å². The third kappa shape index (κ3) is 7.28. The van der Waals surface area contributed by atoms with Gasteiger partial charge in [-0.1, -0.05) is 72.4 Å². The van der Waals surface area contributed by atoms with Crippen LogP contribution in [0.2, 0.25) is 0 Å². The number of nitrogens with one attached hydrogen (secondary N) is 1. The predicted molar refractivity (Wildman–Crippen MR) is 170 cm³/mol. The Kier molecular flexibility index (Phi) is 9.35. The number of ether oxygens (including phenoxy) is 2. The van der Waals surface area contributed by atoms with E-state index in [4.69, 9.17) is 20.9 Å². The highest BCUT2D eigenvalue weighted by atomic mass is 32.2. The minimum absolute atomic E-state index is 0.187. The first-order valence-electron chi connectivity index (χ1n) is 14.0. The summed E-state index contributed by atoms with van der Waals surface area (Å²) in [6.07, 6.45) is -0.944. The second-order valence-electron chi connectivity index (χ2n) is 11.2. The highest BCUT2D eigenvalue weighted by molar-refractivity contribution is 8.00. The Morgan fingerprint density at radius 1 is 1.05 bits per heavy atom. The van der Waals surface area contributed by atoms with E-state index in [0.29, 0.717) is 23.1 Å². The topological polar surface area (TPSA) is 163 Å².